The molecular formula is C24H29N3O6. The smallest absolute Gasteiger partial charge is 0.411 e. The number of nitro benzene ring substituents is 1. The van der Waals surface area contributed by atoms with Gasteiger partial charge in [-0.15, -0.1) is 0 Å². The number of anilines is 1. The average Bonchev–Trinajstić information content (AvgIpc) is 2.72. The molecule has 33 heavy (non-hydrogen) atoms. The summed E-state index contributed by atoms with van der Waals surface area (Å²) in [6.45, 7) is 9.16. The van der Waals surface area contributed by atoms with Crippen LogP contribution >= 0.6 is 0 Å². The quantitative estimate of drug-likeness (QED) is 0.485. The highest BCUT2D eigenvalue weighted by molar-refractivity contribution is 5.98. The number of ether oxygens (including phenoxy) is 2. The molecule has 0 aliphatic carbocycles. The minimum atomic E-state index is -0.719. The Labute approximate surface area is 193 Å². The Hall–Kier alpha value is -3.62. The van der Waals surface area contributed by atoms with Gasteiger partial charge in [0.1, 0.15) is 18.8 Å². The summed E-state index contributed by atoms with van der Waals surface area (Å²) in [7, 11) is 0. The van der Waals surface area contributed by atoms with E-state index >= 15 is 0 Å². The summed E-state index contributed by atoms with van der Waals surface area (Å²) in [4.78, 5) is 39.5. The lowest BCUT2D eigenvalue weighted by molar-refractivity contribution is -0.385. The van der Waals surface area contributed by atoms with Crippen LogP contribution in [0.25, 0.3) is 0 Å². The summed E-state index contributed by atoms with van der Waals surface area (Å²) >= 11 is 0. The van der Waals surface area contributed by atoms with E-state index in [1.54, 1.807) is 20.8 Å². The predicted octanol–water partition coefficient (Wildman–Crippen LogP) is 4.54. The van der Waals surface area contributed by atoms with Gasteiger partial charge in [0, 0.05) is 24.4 Å². The van der Waals surface area contributed by atoms with Crippen molar-refractivity contribution in [1.29, 1.82) is 0 Å². The first kappa shape index (κ1) is 24.0. The monoisotopic (exact) mass is 455 g/mol. The van der Waals surface area contributed by atoms with Crippen molar-refractivity contribution in [3.63, 3.8) is 0 Å². The van der Waals surface area contributed by atoms with Gasteiger partial charge in [0.2, 0.25) is 5.91 Å². The van der Waals surface area contributed by atoms with Crippen molar-refractivity contribution in [2.75, 3.05) is 18.0 Å². The fraction of sp³-hybridized carbons (Fsp3) is 0.417. The molecule has 1 aliphatic rings. The number of hydrogen-bond acceptors (Lipinski definition) is 6. The summed E-state index contributed by atoms with van der Waals surface area (Å²) in [6.07, 6.45) is -0.559. The Kier molecular flexibility index (Phi) is 6.62. The molecule has 0 atom stereocenters. The molecular weight excluding hydrogens is 426 g/mol. The number of carbonyl (C=O) groups is 2. The van der Waals surface area contributed by atoms with Gasteiger partial charge in [0.25, 0.3) is 0 Å². The van der Waals surface area contributed by atoms with E-state index in [1.165, 1.54) is 28.0 Å². The Morgan fingerprint density at radius 1 is 1.15 bits per heavy atom. The molecule has 0 unspecified atom stereocenters. The molecule has 2 aromatic rings. The summed E-state index contributed by atoms with van der Waals surface area (Å²) < 4.78 is 11.2. The Bertz CT molecular complexity index is 1050. The third-order valence-electron chi connectivity index (χ3n) is 5.17. The highest BCUT2D eigenvalue weighted by atomic mass is 16.6. The van der Waals surface area contributed by atoms with E-state index in [4.69, 9.17) is 9.47 Å². The number of benzene rings is 2. The van der Waals surface area contributed by atoms with Gasteiger partial charge < -0.3 is 14.4 Å². The van der Waals surface area contributed by atoms with Crippen molar-refractivity contribution >= 4 is 23.4 Å². The van der Waals surface area contributed by atoms with Crippen LogP contribution in [0.2, 0.25) is 0 Å². The molecule has 0 radical (unpaired) electrons. The Morgan fingerprint density at radius 3 is 2.42 bits per heavy atom. The van der Waals surface area contributed by atoms with E-state index in [9.17, 15) is 19.7 Å². The van der Waals surface area contributed by atoms with Crippen molar-refractivity contribution in [3.05, 3.63) is 64.2 Å². The van der Waals surface area contributed by atoms with Gasteiger partial charge in [0.05, 0.1) is 10.5 Å². The number of amides is 2. The standard InChI is InChI=1S/C24H29N3O6/c1-23(2,3)33-22(29)26-14-21(28)25(16-24(26,4)5)18-11-12-19(27(30)31)20(13-18)32-15-17-9-7-6-8-10-17/h6-13H,14-16H2,1-5H3. The van der Waals surface area contributed by atoms with Crippen LogP contribution in [-0.4, -0.2) is 46.1 Å². The van der Waals surface area contributed by atoms with Gasteiger partial charge in [-0.3, -0.25) is 19.8 Å². The minimum Gasteiger partial charge on any atom is -0.482 e. The van der Waals surface area contributed by atoms with Crippen molar-refractivity contribution in [2.45, 2.75) is 52.4 Å². The largest absolute Gasteiger partial charge is 0.482 e. The predicted molar refractivity (Wildman–Crippen MR) is 123 cm³/mol. The first-order valence-electron chi connectivity index (χ1n) is 10.6. The molecule has 9 heteroatoms. The molecule has 3 rings (SSSR count). The van der Waals surface area contributed by atoms with Crippen LogP contribution in [-0.2, 0) is 16.1 Å². The second kappa shape index (κ2) is 9.09. The number of carbonyl (C=O) groups excluding carboxylic acids is 2. The van der Waals surface area contributed by atoms with Crippen LogP contribution < -0.4 is 9.64 Å². The number of piperazine rings is 1. The fourth-order valence-electron chi connectivity index (χ4n) is 3.53. The lowest BCUT2D eigenvalue weighted by Gasteiger charge is -2.46. The second-order valence-electron chi connectivity index (χ2n) is 9.54. The molecule has 2 amide bonds. The van der Waals surface area contributed by atoms with Crippen molar-refractivity contribution in [2.24, 2.45) is 0 Å². The molecule has 1 aliphatic heterocycles. The van der Waals surface area contributed by atoms with Gasteiger partial charge in [-0.25, -0.2) is 4.79 Å². The zero-order valence-electron chi connectivity index (χ0n) is 19.5. The second-order valence-corrected chi connectivity index (χ2v) is 9.54. The molecule has 176 valence electrons. The first-order chi connectivity index (χ1) is 15.4. The summed E-state index contributed by atoms with van der Waals surface area (Å²) in [5.74, 6) is -0.246. The van der Waals surface area contributed by atoms with E-state index in [0.29, 0.717) is 5.69 Å². The zero-order valence-corrected chi connectivity index (χ0v) is 19.5. The van der Waals surface area contributed by atoms with Crippen molar-refractivity contribution in [3.8, 4) is 5.75 Å². The van der Waals surface area contributed by atoms with Crippen LogP contribution in [0.3, 0.4) is 0 Å². The molecule has 0 bridgehead atoms. The van der Waals surface area contributed by atoms with E-state index in [2.05, 4.69) is 0 Å². The Morgan fingerprint density at radius 2 is 1.82 bits per heavy atom. The third-order valence-corrected chi connectivity index (χ3v) is 5.17. The van der Waals surface area contributed by atoms with Crippen LogP contribution in [0.1, 0.15) is 40.2 Å². The zero-order chi connectivity index (χ0) is 24.4. The Balaban J connectivity index is 1.84. The molecule has 9 nitrogen and oxygen atoms in total. The van der Waals surface area contributed by atoms with E-state index in [-0.39, 0.29) is 37.0 Å². The van der Waals surface area contributed by atoms with E-state index in [0.717, 1.165) is 5.56 Å². The molecule has 1 heterocycles. The topological polar surface area (TPSA) is 102 Å². The number of hydrogen-bond donors (Lipinski definition) is 0. The van der Waals surface area contributed by atoms with Crippen molar-refractivity contribution < 1.29 is 24.0 Å². The van der Waals surface area contributed by atoms with Crippen molar-refractivity contribution in [1.82, 2.24) is 4.90 Å². The molecule has 0 saturated carbocycles. The molecule has 0 spiro atoms. The number of nitro groups is 1. The highest BCUT2D eigenvalue weighted by Crippen LogP contribution is 2.35. The average molecular weight is 456 g/mol. The van der Waals surface area contributed by atoms with E-state index < -0.39 is 22.2 Å². The molecule has 0 N–H and O–H groups in total. The first-order valence-corrected chi connectivity index (χ1v) is 10.6. The van der Waals surface area contributed by atoms with Crippen LogP contribution in [0.4, 0.5) is 16.2 Å². The SMILES string of the molecule is CC(C)(C)OC(=O)N1CC(=O)N(c2ccc([N+](=O)[O-])c(OCc3ccccc3)c2)CC1(C)C. The van der Waals surface area contributed by atoms with Gasteiger partial charge in [-0.1, -0.05) is 30.3 Å². The lowest BCUT2D eigenvalue weighted by Crippen LogP contribution is -2.64. The van der Waals surface area contributed by atoms with Crippen LogP contribution in [0.5, 0.6) is 5.75 Å². The minimum absolute atomic E-state index is 0.0709. The highest BCUT2D eigenvalue weighted by Gasteiger charge is 2.43. The maximum absolute atomic E-state index is 13.0. The third kappa shape index (κ3) is 5.79. The molecule has 2 aromatic carbocycles. The fourth-order valence-corrected chi connectivity index (χ4v) is 3.53. The lowest BCUT2D eigenvalue weighted by atomic mass is 9.98. The number of nitrogens with zero attached hydrogens (tertiary/aromatic N) is 3. The van der Waals surface area contributed by atoms with Gasteiger partial charge in [-0.05, 0) is 46.2 Å². The molecule has 1 saturated heterocycles. The van der Waals surface area contributed by atoms with Gasteiger partial charge in [-0.2, -0.15) is 0 Å². The maximum Gasteiger partial charge on any atom is 0.411 e. The molecule has 0 aromatic heterocycles. The molecule has 1 fully saturated rings. The van der Waals surface area contributed by atoms with E-state index in [1.807, 2.05) is 44.2 Å². The summed E-state index contributed by atoms with van der Waals surface area (Å²) in [6, 6.07) is 13.6. The summed E-state index contributed by atoms with van der Waals surface area (Å²) in [5.41, 5.74) is -0.264. The summed E-state index contributed by atoms with van der Waals surface area (Å²) in [5, 5.41) is 11.5. The van der Waals surface area contributed by atoms with Crippen LogP contribution in [0.15, 0.2) is 48.5 Å². The van der Waals surface area contributed by atoms with Crippen LogP contribution in [0, 0.1) is 10.1 Å². The number of rotatable bonds is 5. The van der Waals surface area contributed by atoms with Gasteiger partial charge >= 0.3 is 11.8 Å². The van der Waals surface area contributed by atoms with Gasteiger partial charge in [0.15, 0.2) is 5.75 Å². The maximum atomic E-state index is 13.0. The normalized spacial score (nSPS) is 15.8.